The lowest BCUT2D eigenvalue weighted by Crippen LogP contribution is -2.49. The second-order valence-corrected chi connectivity index (χ2v) is 7.25. The number of para-hydroxylation sites is 1. The van der Waals surface area contributed by atoms with Crippen molar-refractivity contribution in [3.8, 4) is 0 Å². The number of piperazine rings is 1. The minimum Gasteiger partial charge on any atom is -0.341 e. The molecule has 2 N–H and O–H groups in total. The number of H-pyrrole nitrogens is 1. The van der Waals surface area contributed by atoms with Crippen molar-refractivity contribution in [2.45, 2.75) is 25.4 Å². The second-order valence-electron chi connectivity index (χ2n) is 7.25. The second kappa shape index (κ2) is 7.66. The van der Waals surface area contributed by atoms with Crippen LogP contribution in [0, 0.1) is 0 Å². The highest BCUT2D eigenvalue weighted by molar-refractivity contribution is 5.79. The van der Waals surface area contributed by atoms with Crippen molar-refractivity contribution in [1.82, 2.24) is 24.7 Å². The summed E-state index contributed by atoms with van der Waals surface area (Å²) in [7, 11) is 0. The summed E-state index contributed by atoms with van der Waals surface area (Å²) in [6.45, 7) is 5.88. The number of carbonyl (C=O) groups is 1. The number of aromatic amines is 1. The summed E-state index contributed by atoms with van der Waals surface area (Å²) in [6.07, 6.45) is 1.26. The molecule has 8 nitrogen and oxygen atoms in total. The molecule has 2 aromatic rings. The number of aromatic nitrogens is 2. The number of rotatable bonds is 4. The van der Waals surface area contributed by atoms with Crippen LogP contribution in [0.25, 0.3) is 10.9 Å². The van der Waals surface area contributed by atoms with Gasteiger partial charge in [-0.25, -0.2) is 4.79 Å². The van der Waals surface area contributed by atoms with E-state index >= 15 is 0 Å². The molecule has 0 bridgehead atoms. The van der Waals surface area contributed by atoms with Gasteiger partial charge in [-0.3, -0.25) is 24.0 Å². The number of amides is 1. The zero-order valence-corrected chi connectivity index (χ0v) is 15.3. The van der Waals surface area contributed by atoms with Crippen molar-refractivity contribution in [3.63, 3.8) is 0 Å². The van der Waals surface area contributed by atoms with Gasteiger partial charge in [-0.2, -0.15) is 0 Å². The molecule has 3 heterocycles. The zero-order chi connectivity index (χ0) is 18.8. The van der Waals surface area contributed by atoms with Gasteiger partial charge in [0.05, 0.1) is 10.9 Å². The summed E-state index contributed by atoms with van der Waals surface area (Å²) in [5.41, 5.74) is -0.289. The molecule has 1 aromatic heterocycles. The van der Waals surface area contributed by atoms with Crippen LogP contribution in [0.4, 0.5) is 0 Å². The number of aryl methyl sites for hydroxylation is 1. The van der Waals surface area contributed by atoms with Crippen LogP contribution >= 0.6 is 0 Å². The van der Waals surface area contributed by atoms with E-state index in [4.69, 9.17) is 0 Å². The Morgan fingerprint density at radius 3 is 2.70 bits per heavy atom. The molecule has 1 amide bonds. The fourth-order valence-electron chi connectivity index (χ4n) is 4.14. The zero-order valence-electron chi connectivity index (χ0n) is 15.3. The third-order valence-corrected chi connectivity index (χ3v) is 5.64. The fourth-order valence-corrected chi connectivity index (χ4v) is 4.14. The Kier molecular flexibility index (Phi) is 5.09. The van der Waals surface area contributed by atoms with E-state index in [2.05, 4.69) is 15.2 Å². The lowest BCUT2D eigenvalue weighted by molar-refractivity contribution is -0.130. The molecule has 1 unspecified atom stereocenters. The summed E-state index contributed by atoms with van der Waals surface area (Å²) in [4.78, 5) is 43.5. The standard InChI is InChI=1S/C19H25N5O3/c25-17(23-9-5-14(13-23)22-11-7-20-8-12-22)6-10-24-16-4-2-1-3-15(16)18(26)21-19(24)27/h1-4,14,20H,5-13H2,(H,21,26,27). The van der Waals surface area contributed by atoms with Crippen molar-refractivity contribution in [2.75, 3.05) is 39.3 Å². The average molecular weight is 371 g/mol. The van der Waals surface area contributed by atoms with Gasteiger partial charge in [0.1, 0.15) is 0 Å². The molecule has 27 heavy (non-hydrogen) atoms. The van der Waals surface area contributed by atoms with E-state index in [0.717, 1.165) is 45.7 Å². The smallest absolute Gasteiger partial charge is 0.328 e. The lowest BCUT2D eigenvalue weighted by Gasteiger charge is -2.32. The van der Waals surface area contributed by atoms with E-state index < -0.39 is 11.2 Å². The number of nitrogens with one attached hydrogen (secondary N) is 2. The SMILES string of the molecule is O=C(CCn1c(=O)[nH]c(=O)c2ccccc21)N1CCC(N2CCNCC2)C1. The molecular weight excluding hydrogens is 346 g/mol. The van der Waals surface area contributed by atoms with E-state index in [1.165, 1.54) is 4.57 Å². The molecule has 0 spiro atoms. The normalized spacial score (nSPS) is 21.0. The third-order valence-electron chi connectivity index (χ3n) is 5.64. The minimum absolute atomic E-state index is 0.0646. The van der Waals surface area contributed by atoms with Crippen LogP contribution in [0.3, 0.4) is 0 Å². The van der Waals surface area contributed by atoms with Gasteiger partial charge in [-0.05, 0) is 18.6 Å². The molecule has 2 saturated heterocycles. The van der Waals surface area contributed by atoms with Crippen LogP contribution in [0.2, 0.25) is 0 Å². The Hall–Kier alpha value is -2.45. The Morgan fingerprint density at radius 2 is 1.89 bits per heavy atom. The number of hydrogen-bond acceptors (Lipinski definition) is 5. The Morgan fingerprint density at radius 1 is 1.11 bits per heavy atom. The van der Waals surface area contributed by atoms with Gasteiger partial charge in [0.2, 0.25) is 5.91 Å². The summed E-state index contributed by atoms with van der Waals surface area (Å²) < 4.78 is 1.48. The van der Waals surface area contributed by atoms with Crippen LogP contribution in [-0.2, 0) is 11.3 Å². The lowest BCUT2D eigenvalue weighted by atomic mass is 10.2. The number of carbonyl (C=O) groups excluding carboxylic acids is 1. The van der Waals surface area contributed by atoms with Crippen molar-refractivity contribution >= 4 is 16.8 Å². The first-order valence-corrected chi connectivity index (χ1v) is 9.58. The minimum atomic E-state index is -0.466. The summed E-state index contributed by atoms with van der Waals surface area (Å²) in [5, 5.41) is 3.82. The maximum atomic E-state index is 12.7. The van der Waals surface area contributed by atoms with Gasteiger partial charge < -0.3 is 10.2 Å². The van der Waals surface area contributed by atoms with Gasteiger partial charge in [0.15, 0.2) is 0 Å². The molecule has 2 fully saturated rings. The van der Waals surface area contributed by atoms with Gasteiger partial charge in [-0.1, -0.05) is 12.1 Å². The van der Waals surface area contributed by atoms with Gasteiger partial charge in [0, 0.05) is 58.3 Å². The molecule has 0 radical (unpaired) electrons. The largest absolute Gasteiger partial charge is 0.341 e. The Labute approximate surface area is 156 Å². The van der Waals surface area contributed by atoms with Gasteiger partial charge in [-0.15, -0.1) is 0 Å². The van der Waals surface area contributed by atoms with Crippen LogP contribution in [0.5, 0.6) is 0 Å². The quantitative estimate of drug-likeness (QED) is 0.762. The van der Waals surface area contributed by atoms with E-state index in [9.17, 15) is 14.4 Å². The van der Waals surface area contributed by atoms with Gasteiger partial charge in [0.25, 0.3) is 5.56 Å². The van der Waals surface area contributed by atoms with Crippen molar-refractivity contribution in [1.29, 1.82) is 0 Å². The summed E-state index contributed by atoms with van der Waals surface area (Å²) in [6, 6.07) is 7.42. The molecular formula is C19H25N5O3. The first kappa shape index (κ1) is 17.9. The van der Waals surface area contributed by atoms with Crippen molar-refractivity contribution < 1.29 is 4.79 Å². The molecule has 8 heteroatoms. The van der Waals surface area contributed by atoms with Crippen LogP contribution < -0.4 is 16.6 Å². The number of fused-ring (bicyclic) bond motifs is 1. The van der Waals surface area contributed by atoms with Crippen LogP contribution in [0.15, 0.2) is 33.9 Å². The van der Waals surface area contributed by atoms with Crippen molar-refractivity contribution in [2.24, 2.45) is 0 Å². The predicted molar refractivity (Wildman–Crippen MR) is 103 cm³/mol. The topological polar surface area (TPSA) is 90.4 Å². The number of hydrogen-bond donors (Lipinski definition) is 2. The molecule has 144 valence electrons. The summed E-state index contributed by atoms with van der Waals surface area (Å²) in [5.74, 6) is 0.0646. The van der Waals surface area contributed by atoms with E-state index in [1.54, 1.807) is 24.3 Å². The molecule has 1 atom stereocenters. The van der Waals surface area contributed by atoms with Crippen LogP contribution in [-0.4, -0.2) is 70.6 Å². The number of likely N-dealkylation sites (tertiary alicyclic amines) is 1. The Balaban J connectivity index is 1.42. The molecule has 2 aliphatic rings. The Bertz CT molecular complexity index is 944. The summed E-state index contributed by atoms with van der Waals surface area (Å²) >= 11 is 0. The molecule has 0 saturated carbocycles. The monoisotopic (exact) mass is 371 g/mol. The highest BCUT2D eigenvalue weighted by Crippen LogP contribution is 2.17. The first-order chi connectivity index (χ1) is 13.1. The predicted octanol–water partition coefficient (Wildman–Crippen LogP) is -0.414. The van der Waals surface area contributed by atoms with Crippen molar-refractivity contribution in [3.05, 3.63) is 45.1 Å². The average Bonchev–Trinajstić information content (AvgIpc) is 3.19. The third kappa shape index (κ3) is 3.68. The van der Waals surface area contributed by atoms with E-state index in [1.807, 2.05) is 4.90 Å². The maximum Gasteiger partial charge on any atom is 0.328 e. The molecule has 1 aromatic carbocycles. The number of nitrogens with zero attached hydrogens (tertiary/aromatic N) is 3. The van der Waals surface area contributed by atoms with Gasteiger partial charge >= 0.3 is 5.69 Å². The molecule has 0 aliphatic carbocycles. The first-order valence-electron chi connectivity index (χ1n) is 9.58. The van der Waals surface area contributed by atoms with E-state index in [-0.39, 0.29) is 18.9 Å². The highest BCUT2D eigenvalue weighted by Gasteiger charge is 2.30. The van der Waals surface area contributed by atoms with E-state index in [0.29, 0.717) is 16.9 Å². The molecule has 2 aliphatic heterocycles. The molecule has 4 rings (SSSR count). The number of benzene rings is 1. The van der Waals surface area contributed by atoms with Crippen LogP contribution in [0.1, 0.15) is 12.8 Å². The maximum absolute atomic E-state index is 12.7. The highest BCUT2D eigenvalue weighted by atomic mass is 16.2. The fraction of sp³-hybridized carbons (Fsp3) is 0.526.